The third-order valence-corrected chi connectivity index (χ3v) is 2.03. The zero-order chi connectivity index (χ0) is 11.1. The van der Waals surface area contributed by atoms with Gasteiger partial charge in [0.05, 0.1) is 6.42 Å². The molecule has 1 heterocycles. The van der Waals surface area contributed by atoms with Crippen molar-refractivity contribution in [2.45, 2.75) is 13.3 Å². The minimum atomic E-state index is 0. The minimum absolute atomic E-state index is 0. The Kier molecular flexibility index (Phi) is 11.2. The Bertz CT molecular complexity index is 317. The van der Waals surface area contributed by atoms with Gasteiger partial charge in [-0.15, -0.1) is 24.8 Å². The first-order valence-electron chi connectivity index (χ1n) is 5.05. The molecule has 0 unspecified atom stereocenters. The maximum absolute atomic E-state index is 11.4. The molecule has 0 fully saturated rings. The van der Waals surface area contributed by atoms with Gasteiger partial charge in [-0.25, -0.2) is 0 Å². The average molecular weight is 280 g/mol. The van der Waals surface area contributed by atoms with E-state index < -0.39 is 0 Å². The van der Waals surface area contributed by atoms with Gasteiger partial charge in [0.15, 0.2) is 0 Å². The summed E-state index contributed by atoms with van der Waals surface area (Å²) in [6, 6.07) is 3.84. The second kappa shape index (κ2) is 10.3. The van der Waals surface area contributed by atoms with Crippen LogP contribution in [0, 0.1) is 6.92 Å². The molecule has 4 nitrogen and oxygen atoms in total. The van der Waals surface area contributed by atoms with Crippen LogP contribution in [-0.2, 0) is 11.2 Å². The van der Waals surface area contributed by atoms with E-state index in [2.05, 4.69) is 15.6 Å². The van der Waals surface area contributed by atoms with E-state index in [9.17, 15) is 4.79 Å². The highest BCUT2D eigenvalue weighted by molar-refractivity contribution is 5.85. The maximum Gasteiger partial charge on any atom is 0.224 e. The summed E-state index contributed by atoms with van der Waals surface area (Å²) in [6.07, 6.45) is 2.14. The van der Waals surface area contributed by atoms with E-state index in [1.807, 2.05) is 26.1 Å². The van der Waals surface area contributed by atoms with Crippen molar-refractivity contribution in [2.75, 3.05) is 20.1 Å². The molecule has 0 radical (unpaired) electrons. The van der Waals surface area contributed by atoms with E-state index in [1.54, 1.807) is 6.20 Å². The number of aryl methyl sites for hydroxylation is 1. The molecule has 0 aliphatic carbocycles. The van der Waals surface area contributed by atoms with E-state index in [-0.39, 0.29) is 30.7 Å². The predicted octanol–water partition coefficient (Wildman–Crippen LogP) is 1.11. The molecule has 1 aromatic heterocycles. The molecule has 1 aromatic rings. The van der Waals surface area contributed by atoms with Crippen molar-refractivity contribution in [3.8, 4) is 0 Å². The highest BCUT2D eigenvalue weighted by Crippen LogP contribution is 1.99. The van der Waals surface area contributed by atoms with Crippen molar-refractivity contribution < 1.29 is 4.79 Å². The summed E-state index contributed by atoms with van der Waals surface area (Å²) in [5.41, 5.74) is 1.91. The second-order valence-electron chi connectivity index (χ2n) is 3.44. The molecule has 0 atom stereocenters. The largest absolute Gasteiger partial charge is 0.355 e. The fourth-order valence-corrected chi connectivity index (χ4v) is 1.18. The molecular formula is C11H19Cl2N3O. The molecule has 0 aliphatic rings. The number of carbonyl (C=O) groups excluding carboxylic acids is 1. The number of hydrogen-bond donors (Lipinski definition) is 2. The van der Waals surface area contributed by atoms with Crippen LogP contribution >= 0.6 is 24.8 Å². The van der Waals surface area contributed by atoms with Gasteiger partial charge >= 0.3 is 0 Å². The summed E-state index contributed by atoms with van der Waals surface area (Å²) < 4.78 is 0. The van der Waals surface area contributed by atoms with Crippen LogP contribution < -0.4 is 10.6 Å². The zero-order valence-corrected chi connectivity index (χ0v) is 11.7. The van der Waals surface area contributed by atoms with Crippen molar-refractivity contribution in [3.63, 3.8) is 0 Å². The van der Waals surface area contributed by atoms with E-state index in [1.165, 1.54) is 0 Å². The van der Waals surface area contributed by atoms with Crippen LogP contribution in [0.2, 0.25) is 0 Å². The predicted molar refractivity (Wildman–Crippen MR) is 74.1 cm³/mol. The number of nitrogens with zero attached hydrogens (tertiary/aromatic N) is 1. The van der Waals surface area contributed by atoms with E-state index >= 15 is 0 Å². The van der Waals surface area contributed by atoms with Gasteiger partial charge in [0, 0.05) is 25.0 Å². The lowest BCUT2D eigenvalue weighted by molar-refractivity contribution is -0.120. The van der Waals surface area contributed by atoms with Crippen LogP contribution in [-0.4, -0.2) is 31.0 Å². The molecule has 0 saturated heterocycles. The molecule has 98 valence electrons. The number of aromatic nitrogens is 1. The number of halogens is 2. The Morgan fingerprint density at radius 2 is 2.00 bits per heavy atom. The topological polar surface area (TPSA) is 54.0 Å². The second-order valence-corrected chi connectivity index (χ2v) is 3.44. The van der Waals surface area contributed by atoms with Gasteiger partial charge in [0.2, 0.25) is 5.91 Å². The number of amides is 1. The Morgan fingerprint density at radius 1 is 1.29 bits per heavy atom. The van der Waals surface area contributed by atoms with Crippen molar-refractivity contribution in [2.24, 2.45) is 0 Å². The number of likely N-dealkylation sites (N-methyl/N-ethyl adjacent to an activating group) is 1. The highest BCUT2D eigenvalue weighted by atomic mass is 35.5. The summed E-state index contributed by atoms with van der Waals surface area (Å²) in [5, 5.41) is 5.78. The van der Waals surface area contributed by atoms with E-state index in [4.69, 9.17) is 0 Å². The zero-order valence-electron chi connectivity index (χ0n) is 10.0. The Morgan fingerprint density at radius 3 is 2.53 bits per heavy atom. The first-order chi connectivity index (χ1) is 7.22. The molecule has 0 bridgehead atoms. The van der Waals surface area contributed by atoms with Crippen LogP contribution in [0.4, 0.5) is 0 Å². The molecule has 17 heavy (non-hydrogen) atoms. The SMILES string of the molecule is CNCCNC(=O)Cc1ccc(C)nc1.Cl.Cl. The van der Waals surface area contributed by atoms with Crippen LogP contribution in [0.1, 0.15) is 11.3 Å². The Labute approximate surface area is 114 Å². The monoisotopic (exact) mass is 279 g/mol. The first kappa shape index (κ1) is 18.5. The fourth-order valence-electron chi connectivity index (χ4n) is 1.18. The van der Waals surface area contributed by atoms with Crippen LogP contribution in [0.25, 0.3) is 0 Å². The molecule has 0 spiro atoms. The summed E-state index contributed by atoms with van der Waals surface area (Å²) >= 11 is 0. The van der Waals surface area contributed by atoms with E-state index in [0.717, 1.165) is 17.8 Å². The van der Waals surface area contributed by atoms with Crippen LogP contribution in [0.3, 0.4) is 0 Å². The molecule has 0 aromatic carbocycles. The maximum atomic E-state index is 11.4. The van der Waals surface area contributed by atoms with Crippen molar-refractivity contribution in [1.82, 2.24) is 15.6 Å². The van der Waals surface area contributed by atoms with E-state index in [0.29, 0.717) is 13.0 Å². The molecular weight excluding hydrogens is 261 g/mol. The highest BCUT2D eigenvalue weighted by Gasteiger charge is 2.02. The molecule has 0 aliphatic heterocycles. The van der Waals surface area contributed by atoms with Gasteiger partial charge in [-0.2, -0.15) is 0 Å². The molecule has 2 N–H and O–H groups in total. The summed E-state index contributed by atoms with van der Waals surface area (Å²) in [5.74, 6) is 0.0379. The summed E-state index contributed by atoms with van der Waals surface area (Å²) in [6.45, 7) is 3.38. The number of carbonyl (C=O) groups is 1. The first-order valence-corrected chi connectivity index (χ1v) is 5.05. The van der Waals surface area contributed by atoms with Gasteiger partial charge in [0.25, 0.3) is 0 Å². The lowest BCUT2D eigenvalue weighted by Gasteiger charge is -2.04. The van der Waals surface area contributed by atoms with Gasteiger partial charge in [-0.1, -0.05) is 6.07 Å². The van der Waals surface area contributed by atoms with Gasteiger partial charge < -0.3 is 10.6 Å². The number of pyridine rings is 1. The minimum Gasteiger partial charge on any atom is -0.355 e. The van der Waals surface area contributed by atoms with Crippen LogP contribution in [0.5, 0.6) is 0 Å². The fraction of sp³-hybridized carbons (Fsp3) is 0.455. The van der Waals surface area contributed by atoms with Gasteiger partial charge in [-0.05, 0) is 25.6 Å². The lowest BCUT2D eigenvalue weighted by Crippen LogP contribution is -2.31. The number of rotatable bonds is 5. The van der Waals surface area contributed by atoms with Gasteiger partial charge in [-0.3, -0.25) is 9.78 Å². The van der Waals surface area contributed by atoms with Crippen molar-refractivity contribution in [1.29, 1.82) is 0 Å². The molecule has 0 saturated carbocycles. The quantitative estimate of drug-likeness (QED) is 0.794. The Balaban J connectivity index is 0. The number of hydrogen-bond acceptors (Lipinski definition) is 3. The third kappa shape index (κ3) is 7.96. The normalized spacial score (nSPS) is 8.82. The molecule has 1 amide bonds. The molecule has 6 heteroatoms. The number of nitrogens with one attached hydrogen (secondary N) is 2. The average Bonchev–Trinajstić information content (AvgIpc) is 2.22. The van der Waals surface area contributed by atoms with Crippen molar-refractivity contribution >= 4 is 30.7 Å². The van der Waals surface area contributed by atoms with Crippen molar-refractivity contribution in [3.05, 3.63) is 29.6 Å². The van der Waals surface area contributed by atoms with Crippen LogP contribution in [0.15, 0.2) is 18.3 Å². The standard InChI is InChI=1S/C11H17N3O.2ClH/c1-9-3-4-10(8-14-9)7-11(15)13-6-5-12-2;;/h3-4,8,12H,5-7H2,1-2H3,(H,13,15);2*1H. The Hall–Kier alpha value is -0.840. The summed E-state index contributed by atoms with van der Waals surface area (Å²) in [7, 11) is 1.86. The molecule has 1 rings (SSSR count). The lowest BCUT2D eigenvalue weighted by atomic mass is 10.2. The van der Waals surface area contributed by atoms with Gasteiger partial charge in [0.1, 0.15) is 0 Å². The smallest absolute Gasteiger partial charge is 0.224 e. The third-order valence-electron chi connectivity index (χ3n) is 2.03. The summed E-state index contributed by atoms with van der Waals surface area (Å²) in [4.78, 5) is 15.5.